The van der Waals surface area contributed by atoms with Crippen molar-refractivity contribution >= 4 is 35.0 Å². The van der Waals surface area contributed by atoms with Gasteiger partial charge in [-0.2, -0.15) is 0 Å². The van der Waals surface area contributed by atoms with E-state index in [1.54, 1.807) is 25.1 Å². The van der Waals surface area contributed by atoms with Crippen molar-refractivity contribution in [3.63, 3.8) is 0 Å². The molecule has 0 radical (unpaired) electrons. The van der Waals surface area contributed by atoms with Gasteiger partial charge in [-0.15, -0.1) is 0 Å². The minimum absolute atomic E-state index is 0.0911. The number of hydrogen-bond donors (Lipinski definition) is 3. The first kappa shape index (κ1) is 14.8. The largest absolute Gasteiger partial charge is 0.477 e. The molecule has 0 saturated heterocycles. The van der Waals surface area contributed by atoms with Crippen molar-refractivity contribution in [2.45, 2.75) is 6.92 Å². The van der Waals surface area contributed by atoms with Gasteiger partial charge in [0.15, 0.2) is 0 Å². The first-order valence-corrected chi connectivity index (χ1v) is 6.37. The van der Waals surface area contributed by atoms with Gasteiger partial charge in [-0.25, -0.2) is 14.6 Å². The molecule has 1 heterocycles. The highest BCUT2D eigenvalue weighted by Crippen LogP contribution is 2.23. The minimum Gasteiger partial charge on any atom is -0.477 e. The molecule has 2 amide bonds. The summed E-state index contributed by atoms with van der Waals surface area (Å²) in [7, 11) is 0. The number of hydrogen-bond acceptors (Lipinski definition) is 3. The summed E-state index contributed by atoms with van der Waals surface area (Å²) in [6.45, 7) is 1.79. The smallest absolute Gasteiger partial charge is 0.354 e. The van der Waals surface area contributed by atoms with Gasteiger partial charge < -0.3 is 15.7 Å². The van der Waals surface area contributed by atoms with Crippen LogP contribution in [-0.2, 0) is 0 Å². The molecule has 0 bridgehead atoms. The molecule has 21 heavy (non-hydrogen) atoms. The fourth-order valence-electron chi connectivity index (χ4n) is 1.62. The van der Waals surface area contributed by atoms with Gasteiger partial charge in [0.25, 0.3) is 0 Å². The van der Waals surface area contributed by atoms with Gasteiger partial charge in [0, 0.05) is 10.7 Å². The van der Waals surface area contributed by atoms with Crippen LogP contribution in [0.1, 0.15) is 16.1 Å². The normalized spacial score (nSPS) is 10.0. The number of anilines is 2. The summed E-state index contributed by atoms with van der Waals surface area (Å²) in [6, 6.07) is 7.49. The first-order chi connectivity index (χ1) is 9.97. The van der Waals surface area contributed by atoms with E-state index in [-0.39, 0.29) is 5.69 Å². The van der Waals surface area contributed by atoms with E-state index in [2.05, 4.69) is 15.6 Å². The van der Waals surface area contributed by atoms with E-state index in [4.69, 9.17) is 16.7 Å². The zero-order valence-electron chi connectivity index (χ0n) is 11.1. The lowest BCUT2D eigenvalue weighted by molar-refractivity contribution is 0.0690. The molecule has 0 spiro atoms. The van der Waals surface area contributed by atoms with E-state index in [9.17, 15) is 9.59 Å². The number of carboxylic acids is 1. The Morgan fingerprint density at radius 2 is 1.95 bits per heavy atom. The minimum atomic E-state index is -1.12. The number of halogens is 1. The number of aromatic nitrogens is 1. The second kappa shape index (κ2) is 6.23. The van der Waals surface area contributed by atoms with Crippen molar-refractivity contribution < 1.29 is 14.7 Å². The Kier molecular flexibility index (Phi) is 4.39. The van der Waals surface area contributed by atoms with Crippen molar-refractivity contribution in [3.05, 3.63) is 52.8 Å². The number of urea groups is 1. The molecule has 0 aliphatic heterocycles. The van der Waals surface area contributed by atoms with Crippen molar-refractivity contribution in [2.24, 2.45) is 0 Å². The van der Waals surface area contributed by atoms with Crippen LogP contribution in [0.5, 0.6) is 0 Å². The monoisotopic (exact) mass is 305 g/mol. The molecule has 1 aromatic carbocycles. The lowest BCUT2D eigenvalue weighted by atomic mass is 10.2. The quantitative estimate of drug-likeness (QED) is 0.810. The summed E-state index contributed by atoms with van der Waals surface area (Å²) in [6.07, 6.45) is 1.27. The predicted octanol–water partition coefficient (Wildman–Crippen LogP) is 3.39. The lowest BCUT2D eigenvalue weighted by Crippen LogP contribution is -2.20. The van der Waals surface area contributed by atoms with E-state index in [1.807, 2.05) is 0 Å². The summed E-state index contributed by atoms with van der Waals surface area (Å²) in [5.74, 6) is -1.12. The third-order valence-corrected chi connectivity index (χ3v) is 3.17. The van der Waals surface area contributed by atoms with E-state index in [0.717, 1.165) is 5.56 Å². The van der Waals surface area contributed by atoms with Crippen molar-refractivity contribution in [1.82, 2.24) is 4.98 Å². The Balaban J connectivity index is 2.04. The van der Waals surface area contributed by atoms with Gasteiger partial charge in [-0.1, -0.05) is 17.7 Å². The Morgan fingerprint density at radius 3 is 2.57 bits per heavy atom. The fourth-order valence-corrected chi connectivity index (χ4v) is 1.80. The van der Waals surface area contributed by atoms with Gasteiger partial charge in [-0.05, 0) is 36.8 Å². The average Bonchev–Trinajstić information content (AvgIpc) is 2.44. The highest BCUT2D eigenvalue weighted by Gasteiger charge is 2.08. The van der Waals surface area contributed by atoms with Gasteiger partial charge >= 0.3 is 12.0 Å². The third kappa shape index (κ3) is 3.70. The molecule has 7 heteroatoms. The average molecular weight is 306 g/mol. The molecule has 0 aliphatic rings. The number of carbonyl (C=O) groups excluding carboxylic acids is 1. The molecule has 0 aliphatic carbocycles. The van der Waals surface area contributed by atoms with Gasteiger partial charge in [0.2, 0.25) is 0 Å². The van der Waals surface area contributed by atoms with Crippen LogP contribution < -0.4 is 10.6 Å². The molecule has 0 unspecified atom stereocenters. The van der Waals surface area contributed by atoms with Crippen LogP contribution in [0.25, 0.3) is 0 Å². The van der Waals surface area contributed by atoms with Crippen molar-refractivity contribution in [2.75, 3.05) is 10.6 Å². The second-order valence-corrected chi connectivity index (χ2v) is 4.64. The zero-order valence-corrected chi connectivity index (χ0v) is 11.8. The maximum absolute atomic E-state index is 11.9. The fraction of sp³-hybridized carbons (Fsp3) is 0.0714. The SMILES string of the molecule is Cc1c(Cl)cccc1NC(=O)Nc1ccc(C(=O)O)nc1. The summed E-state index contributed by atoms with van der Waals surface area (Å²) < 4.78 is 0. The standard InChI is InChI=1S/C14H12ClN3O3/c1-8-10(15)3-2-4-11(8)18-14(21)17-9-5-6-12(13(19)20)16-7-9/h2-7H,1H3,(H,19,20)(H2,17,18,21). The van der Waals surface area contributed by atoms with E-state index in [0.29, 0.717) is 16.4 Å². The first-order valence-electron chi connectivity index (χ1n) is 6.00. The highest BCUT2D eigenvalue weighted by molar-refractivity contribution is 6.31. The van der Waals surface area contributed by atoms with E-state index < -0.39 is 12.0 Å². The molecule has 0 fully saturated rings. The van der Waals surface area contributed by atoms with E-state index >= 15 is 0 Å². The van der Waals surface area contributed by atoms with E-state index in [1.165, 1.54) is 18.3 Å². The summed E-state index contributed by atoms with van der Waals surface area (Å²) >= 11 is 5.97. The molecular weight excluding hydrogens is 294 g/mol. The molecule has 6 nitrogen and oxygen atoms in total. The number of carbonyl (C=O) groups is 2. The van der Waals surface area contributed by atoms with Crippen molar-refractivity contribution in [1.29, 1.82) is 0 Å². The highest BCUT2D eigenvalue weighted by atomic mass is 35.5. The molecule has 2 aromatic rings. The molecule has 0 atom stereocenters. The summed E-state index contributed by atoms with van der Waals surface area (Å²) in [5, 5.41) is 14.5. The van der Waals surface area contributed by atoms with Crippen LogP contribution in [0.2, 0.25) is 5.02 Å². The Labute approximate surface area is 125 Å². The van der Waals surface area contributed by atoms with Crippen molar-refractivity contribution in [3.8, 4) is 0 Å². The molecular formula is C14H12ClN3O3. The number of rotatable bonds is 3. The molecule has 1 aromatic heterocycles. The van der Waals surface area contributed by atoms with Crippen LogP contribution in [0.3, 0.4) is 0 Å². The number of carboxylic acid groups (broad SMARTS) is 1. The van der Waals surface area contributed by atoms with Crippen LogP contribution >= 0.6 is 11.6 Å². The Morgan fingerprint density at radius 1 is 1.19 bits per heavy atom. The zero-order chi connectivity index (χ0) is 15.4. The summed E-state index contributed by atoms with van der Waals surface area (Å²) in [4.78, 5) is 26.2. The Hall–Kier alpha value is -2.60. The van der Waals surface area contributed by atoms with Gasteiger partial charge in [-0.3, -0.25) is 0 Å². The maximum Gasteiger partial charge on any atom is 0.354 e. The van der Waals surface area contributed by atoms with Crippen LogP contribution in [0.15, 0.2) is 36.5 Å². The predicted molar refractivity (Wildman–Crippen MR) is 80.0 cm³/mol. The molecule has 108 valence electrons. The number of pyridine rings is 1. The van der Waals surface area contributed by atoms with Crippen LogP contribution in [0.4, 0.5) is 16.2 Å². The number of aromatic carboxylic acids is 1. The lowest BCUT2D eigenvalue weighted by Gasteiger charge is -2.10. The van der Waals surface area contributed by atoms with Crippen LogP contribution in [-0.4, -0.2) is 22.1 Å². The van der Waals surface area contributed by atoms with Gasteiger partial charge in [0.1, 0.15) is 5.69 Å². The molecule has 2 rings (SSSR count). The van der Waals surface area contributed by atoms with Gasteiger partial charge in [0.05, 0.1) is 11.9 Å². The molecule has 3 N–H and O–H groups in total. The second-order valence-electron chi connectivity index (χ2n) is 4.23. The number of nitrogens with one attached hydrogen (secondary N) is 2. The summed E-state index contributed by atoms with van der Waals surface area (Å²) in [5.41, 5.74) is 1.65. The number of amides is 2. The third-order valence-electron chi connectivity index (χ3n) is 2.76. The Bertz CT molecular complexity index is 686. The van der Waals surface area contributed by atoms with Crippen LogP contribution in [0, 0.1) is 6.92 Å². The topological polar surface area (TPSA) is 91.3 Å². The number of nitrogens with zero attached hydrogens (tertiary/aromatic N) is 1. The molecule has 0 saturated carbocycles. The number of benzene rings is 1. The maximum atomic E-state index is 11.9.